The highest BCUT2D eigenvalue weighted by Crippen LogP contribution is 2.59. The van der Waals surface area contributed by atoms with Crippen LogP contribution in [0.5, 0.6) is 11.6 Å². The van der Waals surface area contributed by atoms with Crippen LogP contribution < -0.4 is 4.74 Å². The van der Waals surface area contributed by atoms with Crippen LogP contribution in [-0.2, 0) is 30.9 Å². The molecule has 0 amide bonds. The van der Waals surface area contributed by atoms with E-state index in [4.69, 9.17) is 4.42 Å². The number of nitrogens with zero attached hydrogens (tertiary/aromatic N) is 2. The Labute approximate surface area is 266 Å². The Morgan fingerprint density at radius 1 is 0.460 bits per heavy atom. The molecule has 50 heavy (non-hydrogen) atoms. The summed E-state index contributed by atoms with van der Waals surface area (Å²) >= 11 is 0. The molecular weight excluding hydrogens is 717 g/mol. The number of hydrogen-bond acceptors (Lipinski definition) is 4. The Balaban J connectivity index is 1.77. The van der Waals surface area contributed by atoms with Crippen molar-refractivity contribution in [3.05, 3.63) is 94.5 Å². The lowest BCUT2D eigenvalue weighted by Crippen LogP contribution is -2.31. The second-order valence-electron chi connectivity index (χ2n) is 10.5. The molecule has 0 aliphatic heterocycles. The monoisotopic (exact) mass is 728 g/mol. The number of hydrogen-bond donors (Lipinski definition) is 0. The number of ether oxygens (including phenoxy) is 1. The molecule has 0 aliphatic rings. The molecule has 0 unspecified atom stereocenters. The fourth-order valence-corrected chi connectivity index (χ4v) is 5.49. The normalized spacial score (nSPS) is 13.5. The number of alkyl halides is 15. The highest BCUT2D eigenvalue weighted by molar-refractivity contribution is 6.05. The number of fused-ring (bicyclic) bond motifs is 3. The predicted molar refractivity (Wildman–Crippen MR) is 144 cm³/mol. The Kier molecular flexibility index (Phi) is 7.72. The highest BCUT2D eigenvalue weighted by Gasteiger charge is 2.61. The van der Waals surface area contributed by atoms with Crippen LogP contribution in [0.4, 0.5) is 65.9 Å². The summed E-state index contributed by atoms with van der Waals surface area (Å²) < 4.78 is 223. The van der Waals surface area contributed by atoms with Gasteiger partial charge in [0, 0.05) is 16.2 Å². The lowest BCUT2D eigenvalue weighted by atomic mass is 9.88. The molecular formula is C31H11F15N2O2. The van der Waals surface area contributed by atoms with Gasteiger partial charge in [-0.3, -0.25) is 0 Å². The zero-order valence-corrected chi connectivity index (χ0v) is 23.7. The van der Waals surface area contributed by atoms with Crippen LogP contribution in [0.15, 0.2) is 71.1 Å². The van der Waals surface area contributed by atoms with Crippen molar-refractivity contribution in [1.82, 2.24) is 10.2 Å². The summed E-state index contributed by atoms with van der Waals surface area (Å²) in [5, 5.41) is 7.24. The first-order valence-electron chi connectivity index (χ1n) is 13.4. The zero-order valence-electron chi connectivity index (χ0n) is 23.7. The average molecular weight is 728 g/mol. The summed E-state index contributed by atoms with van der Waals surface area (Å²) in [7, 11) is 0. The second-order valence-corrected chi connectivity index (χ2v) is 10.5. The largest absolute Gasteiger partial charge is 0.454 e. The van der Waals surface area contributed by atoms with E-state index in [0.717, 1.165) is 6.07 Å². The van der Waals surface area contributed by atoms with Crippen molar-refractivity contribution in [3.8, 4) is 23.1 Å². The molecule has 0 saturated carbocycles. The number of para-hydroxylation sites is 1. The van der Waals surface area contributed by atoms with Crippen molar-refractivity contribution in [2.45, 2.75) is 30.9 Å². The Morgan fingerprint density at radius 2 is 0.880 bits per heavy atom. The van der Waals surface area contributed by atoms with E-state index in [0.29, 0.717) is 10.8 Å². The van der Waals surface area contributed by atoms with Crippen LogP contribution >= 0.6 is 0 Å². The molecule has 2 heterocycles. The number of rotatable bonds is 3. The molecule has 4 nitrogen and oxygen atoms in total. The fourth-order valence-electron chi connectivity index (χ4n) is 5.49. The third-order valence-electron chi connectivity index (χ3n) is 7.34. The topological polar surface area (TPSA) is 48.2 Å². The molecule has 0 bridgehead atoms. The summed E-state index contributed by atoms with van der Waals surface area (Å²) in [6, 6.07) is 15.8. The quantitative estimate of drug-likeness (QED) is 0.134. The van der Waals surface area contributed by atoms with E-state index in [1.807, 2.05) is 0 Å². The first-order chi connectivity index (χ1) is 23.0. The van der Waals surface area contributed by atoms with E-state index in [1.165, 1.54) is 42.5 Å². The van der Waals surface area contributed by atoms with Crippen LogP contribution in [0.1, 0.15) is 27.8 Å². The summed E-state index contributed by atoms with van der Waals surface area (Å²) in [5.41, 5.74) is -20.1. The number of aromatic nitrogens is 2. The summed E-state index contributed by atoms with van der Waals surface area (Å²) in [6.45, 7) is 0. The van der Waals surface area contributed by atoms with E-state index in [-0.39, 0.29) is 27.8 Å². The molecule has 0 saturated heterocycles. The van der Waals surface area contributed by atoms with Crippen LogP contribution in [-0.4, -0.2) is 10.2 Å². The molecule has 0 aliphatic carbocycles. The maximum absolute atomic E-state index is 14.4. The lowest BCUT2D eigenvalue weighted by molar-refractivity contribution is -0.189. The first kappa shape index (κ1) is 34.6. The second kappa shape index (κ2) is 11.1. The van der Waals surface area contributed by atoms with Gasteiger partial charge in [0.1, 0.15) is 22.4 Å². The van der Waals surface area contributed by atoms with Crippen molar-refractivity contribution in [2.75, 3.05) is 0 Å². The first-order valence-corrected chi connectivity index (χ1v) is 13.4. The van der Waals surface area contributed by atoms with Crippen molar-refractivity contribution in [3.63, 3.8) is 0 Å². The third-order valence-corrected chi connectivity index (χ3v) is 7.34. The molecule has 0 spiro atoms. The molecule has 0 atom stereocenters. The number of furan rings is 1. The highest BCUT2D eigenvalue weighted by atomic mass is 19.4. The number of benzene rings is 4. The summed E-state index contributed by atoms with van der Waals surface area (Å²) in [5.74, 6) is -4.88. The Morgan fingerprint density at radius 3 is 1.34 bits per heavy atom. The van der Waals surface area contributed by atoms with Gasteiger partial charge in [-0.2, -0.15) is 65.9 Å². The van der Waals surface area contributed by atoms with Crippen molar-refractivity contribution in [1.29, 1.82) is 0 Å². The number of halogens is 15. The van der Waals surface area contributed by atoms with Crippen molar-refractivity contribution >= 4 is 32.5 Å². The van der Waals surface area contributed by atoms with Crippen LogP contribution in [0, 0.1) is 0 Å². The van der Waals surface area contributed by atoms with Crippen LogP contribution in [0.25, 0.3) is 44.0 Å². The van der Waals surface area contributed by atoms with Gasteiger partial charge in [-0.1, -0.05) is 42.5 Å². The molecule has 262 valence electrons. The molecule has 19 heteroatoms. The smallest absolute Gasteiger partial charge is 0.420 e. The standard InChI is InChI=1S/C31H11F15N2O2/c32-27(33,34)19-20(28(35,36)37)22(30(41,42)43)25(23(31(44,45)46)21(19)29(38,39)40)50-26-16-10-13-6-2-1-5-12(13)9-15(16)24(47-48-26)18-11-14-7-3-4-8-17(14)49-18/h1-11H. The van der Waals surface area contributed by atoms with Gasteiger partial charge in [0.2, 0.25) is 5.88 Å². The minimum Gasteiger partial charge on any atom is -0.454 e. The van der Waals surface area contributed by atoms with Gasteiger partial charge >= 0.3 is 30.9 Å². The summed E-state index contributed by atoms with van der Waals surface area (Å²) in [4.78, 5) is 0. The SMILES string of the molecule is FC(F)(F)c1c(Oc2nnc(-c3cc4ccccc4o3)c3cc4ccccc4cc23)c(C(F)(F)F)c(C(F)(F)F)c(C(F)(F)F)c1C(F)(F)F. The van der Waals surface area contributed by atoms with E-state index in [1.54, 1.807) is 18.2 Å². The maximum atomic E-state index is 14.4. The predicted octanol–water partition coefficient (Wildman–Crippen LogP) is 12.1. The maximum Gasteiger partial charge on any atom is 0.420 e. The van der Waals surface area contributed by atoms with Gasteiger partial charge in [-0.15, -0.1) is 10.2 Å². The molecule has 2 aromatic heterocycles. The van der Waals surface area contributed by atoms with Crippen molar-refractivity contribution in [2.24, 2.45) is 0 Å². The minimum atomic E-state index is -7.05. The van der Waals surface area contributed by atoms with Gasteiger partial charge in [0.15, 0.2) is 11.5 Å². The Hall–Kier alpha value is -5.23. The van der Waals surface area contributed by atoms with Gasteiger partial charge in [0.25, 0.3) is 0 Å². The van der Waals surface area contributed by atoms with Gasteiger partial charge in [0.05, 0.1) is 16.7 Å². The van der Waals surface area contributed by atoms with E-state index in [9.17, 15) is 65.9 Å². The van der Waals surface area contributed by atoms with Crippen LogP contribution in [0.2, 0.25) is 0 Å². The van der Waals surface area contributed by atoms with Gasteiger partial charge in [-0.05, 0) is 35.0 Å². The third kappa shape index (κ3) is 5.97. The molecule has 0 N–H and O–H groups in total. The van der Waals surface area contributed by atoms with Crippen molar-refractivity contribution < 1.29 is 75.0 Å². The lowest BCUT2D eigenvalue weighted by Gasteiger charge is -2.30. The molecule has 4 aromatic carbocycles. The Bertz CT molecular complexity index is 2210. The molecule has 0 fully saturated rings. The van der Waals surface area contributed by atoms with Crippen LogP contribution in [0.3, 0.4) is 0 Å². The fraction of sp³-hybridized carbons (Fsp3) is 0.161. The van der Waals surface area contributed by atoms with Gasteiger partial charge < -0.3 is 9.15 Å². The molecule has 0 radical (unpaired) electrons. The van der Waals surface area contributed by atoms with E-state index >= 15 is 0 Å². The average Bonchev–Trinajstić information content (AvgIpc) is 3.41. The van der Waals surface area contributed by atoms with E-state index < -0.39 is 75.7 Å². The molecule has 6 aromatic rings. The minimum absolute atomic E-state index is 0.0919. The van der Waals surface area contributed by atoms with Gasteiger partial charge in [-0.25, -0.2) is 0 Å². The molecule has 6 rings (SSSR count). The van der Waals surface area contributed by atoms with E-state index in [2.05, 4.69) is 14.9 Å². The zero-order chi connectivity index (χ0) is 36.8. The summed E-state index contributed by atoms with van der Waals surface area (Å²) in [6.07, 6.45) is -34.6.